The second-order valence-electron chi connectivity index (χ2n) is 5.86. The molecule has 0 saturated carbocycles. The lowest BCUT2D eigenvalue weighted by Crippen LogP contribution is -2.24. The van der Waals surface area contributed by atoms with Crippen molar-refractivity contribution in [3.05, 3.63) is 64.9 Å². The Morgan fingerprint density at radius 3 is 2.77 bits per heavy atom. The van der Waals surface area contributed by atoms with Gasteiger partial charge in [0.25, 0.3) is 5.89 Å². The maximum atomic E-state index is 5.99. The Labute approximate surface area is 164 Å². The van der Waals surface area contributed by atoms with Gasteiger partial charge in [-0.1, -0.05) is 35.0 Å². The second-order valence-corrected chi connectivity index (χ2v) is 6.29. The van der Waals surface area contributed by atoms with Crippen molar-refractivity contribution in [2.24, 2.45) is 0 Å². The zero-order valence-electron chi connectivity index (χ0n) is 14.6. The van der Waals surface area contributed by atoms with Gasteiger partial charge in [-0.2, -0.15) is 4.98 Å². The van der Waals surface area contributed by atoms with E-state index in [-0.39, 0.29) is 18.4 Å². The summed E-state index contributed by atoms with van der Waals surface area (Å²) >= 11 is 5.99. The molecular formula is C19H21Cl2N3O2. The van der Waals surface area contributed by atoms with Crippen molar-refractivity contribution < 1.29 is 9.26 Å². The predicted molar refractivity (Wildman–Crippen MR) is 105 cm³/mol. The monoisotopic (exact) mass is 393 g/mol. The molecule has 1 N–H and O–H groups in total. The van der Waals surface area contributed by atoms with Crippen molar-refractivity contribution in [1.29, 1.82) is 0 Å². The van der Waals surface area contributed by atoms with Crippen molar-refractivity contribution in [3.8, 4) is 17.2 Å². The summed E-state index contributed by atoms with van der Waals surface area (Å²) < 4.78 is 11.2. The molecule has 1 aromatic heterocycles. The summed E-state index contributed by atoms with van der Waals surface area (Å²) in [4.78, 5) is 4.45. The fourth-order valence-electron chi connectivity index (χ4n) is 2.34. The van der Waals surface area contributed by atoms with E-state index in [9.17, 15) is 0 Å². The Balaban J connectivity index is 0.00000243. The first-order valence-electron chi connectivity index (χ1n) is 8.11. The third kappa shape index (κ3) is 5.46. The van der Waals surface area contributed by atoms with E-state index < -0.39 is 0 Å². The molecule has 2 aromatic carbocycles. The standard InChI is InChI=1S/C19H20ClN3O2.ClH/c1-13(21-2)9-18-22-19(25-23-18)15-6-4-8-17(11-15)24-12-14-5-3-7-16(20)10-14;/h3-8,10-11,13,21H,9,12H2,1-2H3;1H. The highest BCUT2D eigenvalue weighted by molar-refractivity contribution is 6.30. The molecule has 0 aliphatic rings. The van der Waals surface area contributed by atoms with Crippen LogP contribution in [0, 0.1) is 0 Å². The molecule has 1 unspecified atom stereocenters. The van der Waals surface area contributed by atoms with Gasteiger partial charge < -0.3 is 14.6 Å². The number of rotatable bonds is 7. The molecule has 138 valence electrons. The molecule has 0 spiro atoms. The van der Waals surface area contributed by atoms with Crippen LogP contribution in [0.3, 0.4) is 0 Å². The molecule has 3 rings (SSSR count). The molecule has 0 radical (unpaired) electrons. The molecule has 3 aromatic rings. The lowest BCUT2D eigenvalue weighted by atomic mass is 10.2. The Bertz CT molecular complexity index is 839. The van der Waals surface area contributed by atoms with Crippen molar-refractivity contribution in [3.63, 3.8) is 0 Å². The van der Waals surface area contributed by atoms with Gasteiger partial charge in [-0.3, -0.25) is 0 Å². The van der Waals surface area contributed by atoms with Gasteiger partial charge in [0.15, 0.2) is 5.82 Å². The zero-order valence-corrected chi connectivity index (χ0v) is 16.2. The first kappa shape index (κ1) is 20.2. The number of halogens is 2. The van der Waals surface area contributed by atoms with E-state index in [0.717, 1.165) is 16.9 Å². The molecule has 1 heterocycles. The van der Waals surface area contributed by atoms with Crippen LogP contribution in [0.1, 0.15) is 18.3 Å². The highest BCUT2D eigenvalue weighted by Crippen LogP contribution is 2.23. The summed E-state index contributed by atoms with van der Waals surface area (Å²) in [6, 6.07) is 15.5. The lowest BCUT2D eigenvalue weighted by Gasteiger charge is -2.07. The van der Waals surface area contributed by atoms with Crippen molar-refractivity contribution in [2.45, 2.75) is 26.0 Å². The van der Waals surface area contributed by atoms with Crippen molar-refractivity contribution >= 4 is 24.0 Å². The van der Waals surface area contributed by atoms with Crippen LogP contribution in [-0.4, -0.2) is 23.2 Å². The van der Waals surface area contributed by atoms with Crippen LogP contribution >= 0.6 is 24.0 Å². The Morgan fingerprint density at radius 1 is 1.19 bits per heavy atom. The predicted octanol–water partition coefficient (Wildman–Crippen LogP) is 4.54. The fraction of sp³-hybridized carbons (Fsp3) is 0.263. The van der Waals surface area contributed by atoms with Crippen LogP contribution in [0.2, 0.25) is 5.02 Å². The number of aromatic nitrogens is 2. The zero-order chi connectivity index (χ0) is 17.6. The van der Waals surface area contributed by atoms with E-state index in [1.807, 2.05) is 55.6 Å². The van der Waals surface area contributed by atoms with Gasteiger partial charge in [-0.05, 0) is 49.9 Å². The number of hydrogen-bond donors (Lipinski definition) is 1. The molecule has 0 fully saturated rings. The SMILES string of the molecule is CNC(C)Cc1noc(-c2cccc(OCc3cccc(Cl)c3)c2)n1.Cl. The average molecular weight is 394 g/mol. The minimum Gasteiger partial charge on any atom is -0.489 e. The van der Waals surface area contributed by atoms with Gasteiger partial charge >= 0.3 is 0 Å². The normalized spacial score (nSPS) is 11.7. The van der Waals surface area contributed by atoms with E-state index in [2.05, 4.69) is 22.4 Å². The van der Waals surface area contributed by atoms with Crippen LogP contribution in [0.25, 0.3) is 11.5 Å². The van der Waals surface area contributed by atoms with Gasteiger partial charge in [-0.15, -0.1) is 12.4 Å². The van der Waals surface area contributed by atoms with Gasteiger partial charge in [0.1, 0.15) is 12.4 Å². The third-order valence-electron chi connectivity index (χ3n) is 3.83. The molecular weight excluding hydrogens is 373 g/mol. The van der Waals surface area contributed by atoms with E-state index in [0.29, 0.717) is 29.8 Å². The van der Waals surface area contributed by atoms with Crippen molar-refractivity contribution in [1.82, 2.24) is 15.5 Å². The number of benzene rings is 2. The molecule has 5 nitrogen and oxygen atoms in total. The number of ether oxygens (including phenoxy) is 1. The maximum Gasteiger partial charge on any atom is 0.258 e. The number of hydrogen-bond acceptors (Lipinski definition) is 5. The smallest absolute Gasteiger partial charge is 0.258 e. The first-order valence-corrected chi connectivity index (χ1v) is 8.49. The van der Waals surface area contributed by atoms with Gasteiger partial charge in [0.05, 0.1) is 0 Å². The van der Waals surface area contributed by atoms with E-state index in [1.165, 1.54) is 0 Å². The Morgan fingerprint density at radius 2 is 2.00 bits per heavy atom. The highest BCUT2D eigenvalue weighted by atomic mass is 35.5. The number of nitrogens with zero attached hydrogens (tertiary/aromatic N) is 2. The summed E-state index contributed by atoms with van der Waals surface area (Å²) in [6.45, 7) is 2.51. The summed E-state index contributed by atoms with van der Waals surface area (Å²) in [7, 11) is 1.91. The number of nitrogens with one attached hydrogen (secondary N) is 1. The minimum absolute atomic E-state index is 0. The molecule has 0 bridgehead atoms. The van der Waals surface area contributed by atoms with E-state index >= 15 is 0 Å². The molecule has 7 heteroatoms. The summed E-state index contributed by atoms with van der Waals surface area (Å²) in [5.41, 5.74) is 1.85. The van der Waals surface area contributed by atoms with Crippen LogP contribution < -0.4 is 10.1 Å². The molecule has 0 aliphatic heterocycles. The Hall–Kier alpha value is -2.08. The molecule has 0 amide bonds. The summed E-state index contributed by atoms with van der Waals surface area (Å²) in [5, 5.41) is 7.89. The molecule has 0 saturated heterocycles. The largest absolute Gasteiger partial charge is 0.489 e. The average Bonchev–Trinajstić information content (AvgIpc) is 3.09. The first-order chi connectivity index (χ1) is 12.1. The van der Waals surface area contributed by atoms with Crippen LogP contribution in [0.4, 0.5) is 0 Å². The van der Waals surface area contributed by atoms with Gasteiger partial charge in [0, 0.05) is 23.0 Å². The van der Waals surface area contributed by atoms with Gasteiger partial charge in [0.2, 0.25) is 0 Å². The lowest BCUT2D eigenvalue weighted by molar-refractivity contribution is 0.306. The molecule has 0 aliphatic carbocycles. The molecule has 26 heavy (non-hydrogen) atoms. The maximum absolute atomic E-state index is 5.99. The quantitative estimate of drug-likeness (QED) is 0.638. The fourth-order valence-corrected chi connectivity index (χ4v) is 2.56. The van der Waals surface area contributed by atoms with Crippen LogP contribution in [0.15, 0.2) is 53.1 Å². The van der Waals surface area contributed by atoms with E-state index in [1.54, 1.807) is 0 Å². The topological polar surface area (TPSA) is 60.2 Å². The highest BCUT2D eigenvalue weighted by Gasteiger charge is 2.12. The van der Waals surface area contributed by atoms with Crippen LogP contribution in [0.5, 0.6) is 5.75 Å². The third-order valence-corrected chi connectivity index (χ3v) is 4.06. The van der Waals surface area contributed by atoms with Gasteiger partial charge in [-0.25, -0.2) is 0 Å². The summed E-state index contributed by atoms with van der Waals surface area (Å²) in [6.07, 6.45) is 0.713. The number of likely N-dealkylation sites (N-methyl/N-ethyl adjacent to an activating group) is 1. The molecule has 1 atom stereocenters. The van der Waals surface area contributed by atoms with Crippen molar-refractivity contribution in [2.75, 3.05) is 7.05 Å². The minimum atomic E-state index is 0. The Kier molecular flexibility index (Phi) is 7.45. The van der Waals surface area contributed by atoms with Crippen LogP contribution in [-0.2, 0) is 13.0 Å². The second kappa shape index (κ2) is 9.57. The summed E-state index contributed by atoms with van der Waals surface area (Å²) in [5.74, 6) is 1.91. The van der Waals surface area contributed by atoms with E-state index in [4.69, 9.17) is 20.9 Å².